The molecule has 5 heteroatoms. The number of benzene rings is 1. The fraction of sp³-hybridized carbons (Fsp3) is 0.133. The van der Waals surface area contributed by atoms with Crippen molar-refractivity contribution in [3.05, 3.63) is 64.4 Å². The Morgan fingerprint density at radius 3 is 2.65 bits per heavy atom. The molecule has 0 atom stereocenters. The lowest BCUT2D eigenvalue weighted by molar-refractivity contribution is 0.0779. The van der Waals surface area contributed by atoms with Gasteiger partial charge in [0.1, 0.15) is 5.69 Å². The lowest BCUT2D eigenvalue weighted by Gasteiger charge is -2.16. The number of carbonyl (C=O) groups is 1. The van der Waals surface area contributed by atoms with Crippen molar-refractivity contribution in [2.45, 2.75) is 6.54 Å². The molecule has 0 aliphatic rings. The van der Waals surface area contributed by atoms with Crippen molar-refractivity contribution in [2.24, 2.45) is 0 Å². The molecule has 0 aliphatic heterocycles. The molecule has 0 fully saturated rings. The summed E-state index contributed by atoms with van der Waals surface area (Å²) in [6, 6.07) is 12.3. The maximum atomic E-state index is 12.2. The second-order valence-electron chi connectivity index (χ2n) is 4.33. The van der Waals surface area contributed by atoms with Crippen molar-refractivity contribution in [3.63, 3.8) is 0 Å². The van der Waals surface area contributed by atoms with Gasteiger partial charge in [-0.3, -0.25) is 9.78 Å². The van der Waals surface area contributed by atoms with Crippen LogP contribution in [0.5, 0.6) is 0 Å². The summed E-state index contributed by atoms with van der Waals surface area (Å²) < 4.78 is 0. The molecule has 0 N–H and O–H groups in total. The first-order valence-electron chi connectivity index (χ1n) is 5.96. The van der Waals surface area contributed by atoms with Gasteiger partial charge in [-0.15, -0.1) is 0 Å². The molecule has 1 aromatic heterocycles. The fourth-order valence-corrected chi connectivity index (χ4v) is 1.91. The summed E-state index contributed by atoms with van der Waals surface area (Å²) in [6.07, 6.45) is 1.51. The molecular weight excluding hydrogens is 274 g/mol. The quantitative estimate of drug-likeness (QED) is 0.871. The van der Waals surface area contributed by atoms with Crippen LogP contribution in [0.1, 0.15) is 21.6 Å². The molecule has 0 bridgehead atoms. The molecule has 0 spiro atoms. The summed E-state index contributed by atoms with van der Waals surface area (Å²) in [5.74, 6) is -0.197. The van der Waals surface area contributed by atoms with Crippen LogP contribution in [0, 0.1) is 11.3 Å². The van der Waals surface area contributed by atoms with E-state index in [1.807, 2.05) is 12.1 Å². The van der Waals surface area contributed by atoms with Crippen LogP contribution in [0.4, 0.5) is 0 Å². The molecule has 0 aliphatic carbocycles. The zero-order valence-electron chi connectivity index (χ0n) is 10.9. The van der Waals surface area contributed by atoms with Crippen molar-refractivity contribution >= 4 is 17.5 Å². The van der Waals surface area contributed by atoms with Crippen molar-refractivity contribution in [1.29, 1.82) is 5.26 Å². The molecule has 2 aromatic rings. The van der Waals surface area contributed by atoms with E-state index < -0.39 is 0 Å². The summed E-state index contributed by atoms with van der Waals surface area (Å²) in [5, 5.41) is 9.22. The number of hydrogen-bond acceptors (Lipinski definition) is 3. The Morgan fingerprint density at radius 1 is 1.35 bits per heavy atom. The van der Waals surface area contributed by atoms with Gasteiger partial charge in [-0.1, -0.05) is 23.7 Å². The standard InChI is InChI=1S/C15H12ClN3O/c1-19(10-12-4-2-11(9-17)3-5-12)15(20)14-8-13(16)6-7-18-14/h2-8H,10H2,1H3. The minimum Gasteiger partial charge on any atom is -0.336 e. The number of halogens is 1. The molecule has 1 aromatic carbocycles. The molecule has 0 saturated carbocycles. The molecule has 2 rings (SSSR count). The number of nitriles is 1. The zero-order valence-corrected chi connectivity index (χ0v) is 11.6. The normalized spacial score (nSPS) is 9.85. The Bertz CT molecular complexity index is 662. The number of pyridine rings is 1. The molecule has 4 nitrogen and oxygen atoms in total. The van der Waals surface area contributed by atoms with Crippen molar-refractivity contribution < 1.29 is 4.79 Å². The highest BCUT2D eigenvalue weighted by Gasteiger charge is 2.13. The summed E-state index contributed by atoms with van der Waals surface area (Å²) in [7, 11) is 1.70. The highest BCUT2D eigenvalue weighted by molar-refractivity contribution is 6.30. The Balaban J connectivity index is 2.09. The second-order valence-corrected chi connectivity index (χ2v) is 4.77. The first kappa shape index (κ1) is 14.0. The predicted molar refractivity (Wildman–Crippen MR) is 76.2 cm³/mol. The summed E-state index contributed by atoms with van der Waals surface area (Å²) in [5.41, 5.74) is 1.86. The number of carbonyl (C=O) groups excluding carboxylic acids is 1. The molecule has 1 amide bonds. The monoisotopic (exact) mass is 285 g/mol. The van der Waals surface area contributed by atoms with E-state index >= 15 is 0 Å². The maximum Gasteiger partial charge on any atom is 0.272 e. The van der Waals surface area contributed by atoms with Crippen LogP contribution < -0.4 is 0 Å². The van der Waals surface area contributed by atoms with Crippen LogP contribution in [-0.2, 0) is 6.54 Å². The van der Waals surface area contributed by atoms with E-state index in [-0.39, 0.29) is 5.91 Å². The predicted octanol–water partition coefficient (Wildman–Crippen LogP) is 2.88. The first-order chi connectivity index (χ1) is 9.60. The number of aromatic nitrogens is 1. The number of nitrogens with zero attached hydrogens (tertiary/aromatic N) is 3. The average Bonchev–Trinajstić information content (AvgIpc) is 2.47. The fourth-order valence-electron chi connectivity index (χ4n) is 1.75. The van der Waals surface area contributed by atoms with Gasteiger partial charge in [0.2, 0.25) is 0 Å². The van der Waals surface area contributed by atoms with Gasteiger partial charge in [-0.2, -0.15) is 5.26 Å². The van der Waals surface area contributed by atoms with Crippen LogP contribution in [0.2, 0.25) is 5.02 Å². The first-order valence-corrected chi connectivity index (χ1v) is 6.34. The Morgan fingerprint density at radius 2 is 2.05 bits per heavy atom. The van der Waals surface area contributed by atoms with Crippen LogP contribution >= 0.6 is 11.6 Å². The highest BCUT2D eigenvalue weighted by Crippen LogP contribution is 2.12. The van der Waals surface area contributed by atoms with E-state index in [1.165, 1.54) is 6.20 Å². The third-order valence-corrected chi connectivity index (χ3v) is 3.03. The van der Waals surface area contributed by atoms with Crippen molar-refractivity contribution in [1.82, 2.24) is 9.88 Å². The maximum absolute atomic E-state index is 12.2. The van der Waals surface area contributed by atoms with Gasteiger partial charge in [0, 0.05) is 24.8 Å². The topological polar surface area (TPSA) is 57.0 Å². The second kappa shape index (κ2) is 6.18. The molecule has 100 valence electrons. The van der Waals surface area contributed by atoms with Crippen molar-refractivity contribution in [2.75, 3.05) is 7.05 Å². The zero-order chi connectivity index (χ0) is 14.5. The largest absolute Gasteiger partial charge is 0.336 e. The van der Waals surface area contributed by atoms with E-state index in [9.17, 15) is 4.79 Å². The third kappa shape index (κ3) is 3.34. The third-order valence-electron chi connectivity index (χ3n) is 2.79. The van der Waals surface area contributed by atoms with Gasteiger partial charge in [0.25, 0.3) is 5.91 Å². The van der Waals surface area contributed by atoms with Gasteiger partial charge in [-0.25, -0.2) is 0 Å². The van der Waals surface area contributed by atoms with Crippen LogP contribution in [0.15, 0.2) is 42.6 Å². The van der Waals surface area contributed by atoms with Gasteiger partial charge >= 0.3 is 0 Å². The Labute approximate surface area is 122 Å². The Hall–Kier alpha value is -2.38. The molecule has 20 heavy (non-hydrogen) atoms. The molecule has 1 heterocycles. The van der Waals surface area contributed by atoms with Gasteiger partial charge in [-0.05, 0) is 29.8 Å². The summed E-state index contributed by atoms with van der Waals surface area (Å²) in [4.78, 5) is 17.7. The average molecular weight is 286 g/mol. The van der Waals surface area contributed by atoms with Gasteiger partial charge in [0.15, 0.2) is 0 Å². The van der Waals surface area contributed by atoms with Gasteiger partial charge < -0.3 is 4.90 Å². The highest BCUT2D eigenvalue weighted by atomic mass is 35.5. The van der Waals surface area contributed by atoms with Crippen LogP contribution in [0.3, 0.4) is 0 Å². The van der Waals surface area contributed by atoms with Gasteiger partial charge in [0.05, 0.1) is 11.6 Å². The van der Waals surface area contributed by atoms with Crippen LogP contribution in [-0.4, -0.2) is 22.8 Å². The Kier molecular flexibility index (Phi) is 4.34. The number of amides is 1. The molecule has 0 unspecified atom stereocenters. The van der Waals surface area contributed by atoms with E-state index in [1.54, 1.807) is 36.2 Å². The molecular formula is C15H12ClN3O. The van der Waals surface area contributed by atoms with E-state index in [0.29, 0.717) is 22.8 Å². The summed E-state index contributed by atoms with van der Waals surface area (Å²) in [6.45, 7) is 0.443. The lowest BCUT2D eigenvalue weighted by Crippen LogP contribution is -2.26. The molecule has 0 saturated heterocycles. The summed E-state index contributed by atoms with van der Waals surface area (Å²) >= 11 is 5.85. The minimum absolute atomic E-state index is 0.197. The number of hydrogen-bond donors (Lipinski definition) is 0. The minimum atomic E-state index is -0.197. The lowest BCUT2D eigenvalue weighted by atomic mass is 10.1. The van der Waals surface area contributed by atoms with Crippen molar-refractivity contribution in [3.8, 4) is 6.07 Å². The number of rotatable bonds is 3. The molecule has 0 radical (unpaired) electrons. The smallest absolute Gasteiger partial charge is 0.272 e. The van der Waals surface area contributed by atoms with E-state index in [4.69, 9.17) is 16.9 Å². The van der Waals surface area contributed by atoms with Crippen LogP contribution in [0.25, 0.3) is 0 Å². The van der Waals surface area contributed by atoms with E-state index in [0.717, 1.165) is 5.56 Å². The SMILES string of the molecule is CN(Cc1ccc(C#N)cc1)C(=O)c1cc(Cl)ccn1. The van der Waals surface area contributed by atoms with E-state index in [2.05, 4.69) is 11.1 Å².